The average Bonchev–Trinajstić information content (AvgIpc) is 1.80. The number of carboxylic acids is 1. The van der Waals surface area contributed by atoms with Gasteiger partial charge in [-0.2, -0.15) is 0 Å². The lowest BCUT2D eigenvalue weighted by atomic mass is 9.52. The molecule has 0 aromatic carbocycles. The molecule has 0 saturated heterocycles. The van der Waals surface area contributed by atoms with Crippen molar-refractivity contribution in [1.29, 1.82) is 0 Å². The minimum absolute atomic E-state index is 0.666. The van der Waals surface area contributed by atoms with Gasteiger partial charge in [0, 0.05) is 0 Å². The first-order chi connectivity index (χ1) is 5.61. The summed E-state index contributed by atoms with van der Waals surface area (Å²) in [5.74, 6) is -0.795. The molecule has 0 amide bonds. The maximum Gasteiger partial charge on any atom is 0.312 e. The molecule has 0 atom stereocenters. The highest BCUT2D eigenvalue weighted by Crippen LogP contribution is 2.57. The predicted octanol–water partition coefficient (Wildman–Crippen LogP) is 1.16. The molecule has 0 aromatic rings. The summed E-state index contributed by atoms with van der Waals surface area (Å²) in [7, 11) is 0. The smallest absolute Gasteiger partial charge is 0.312 e. The first kappa shape index (κ1) is 8.05. The zero-order valence-electron chi connectivity index (χ0n) is 7.05. The molecule has 2 saturated carbocycles. The summed E-state index contributed by atoms with van der Waals surface area (Å²) in [6.45, 7) is 0. The monoisotopic (exact) mass is 170 g/mol. The van der Waals surface area contributed by atoms with E-state index in [4.69, 9.17) is 5.11 Å². The van der Waals surface area contributed by atoms with E-state index in [-0.39, 0.29) is 0 Å². The minimum Gasteiger partial charge on any atom is -0.481 e. The van der Waals surface area contributed by atoms with Gasteiger partial charge in [0.15, 0.2) is 0 Å². The van der Waals surface area contributed by atoms with Crippen molar-refractivity contribution >= 4 is 5.97 Å². The molecular formula is C9H14O3. The Kier molecular flexibility index (Phi) is 1.49. The van der Waals surface area contributed by atoms with Gasteiger partial charge in [0.05, 0.1) is 11.0 Å². The summed E-state index contributed by atoms with van der Waals surface area (Å²) < 4.78 is 0. The summed E-state index contributed by atoms with van der Waals surface area (Å²) >= 11 is 0. The van der Waals surface area contributed by atoms with Crippen molar-refractivity contribution in [2.75, 3.05) is 0 Å². The Morgan fingerprint density at radius 1 is 1.08 bits per heavy atom. The van der Waals surface area contributed by atoms with Gasteiger partial charge in [-0.3, -0.25) is 4.79 Å². The number of aliphatic hydroxyl groups is 1. The lowest BCUT2D eigenvalue weighted by molar-refractivity contribution is -0.202. The number of hydrogen-bond donors (Lipinski definition) is 2. The summed E-state index contributed by atoms with van der Waals surface area (Å²) in [4.78, 5) is 11.0. The first-order valence-electron chi connectivity index (χ1n) is 4.57. The normalized spacial score (nSPS) is 30.1. The Morgan fingerprint density at radius 2 is 1.58 bits per heavy atom. The van der Waals surface area contributed by atoms with Crippen LogP contribution in [0.15, 0.2) is 0 Å². The maximum absolute atomic E-state index is 11.0. The van der Waals surface area contributed by atoms with Crippen LogP contribution in [0.3, 0.4) is 0 Å². The Hall–Kier alpha value is -0.570. The topological polar surface area (TPSA) is 57.5 Å². The molecule has 2 aliphatic carbocycles. The predicted molar refractivity (Wildman–Crippen MR) is 42.7 cm³/mol. The van der Waals surface area contributed by atoms with E-state index in [9.17, 15) is 9.90 Å². The van der Waals surface area contributed by atoms with Crippen LogP contribution >= 0.6 is 0 Å². The highest BCUT2D eigenvalue weighted by Gasteiger charge is 2.61. The Bertz CT molecular complexity index is 214. The summed E-state index contributed by atoms with van der Waals surface area (Å²) in [5.41, 5.74) is -1.64. The zero-order valence-corrected chi connectivity index (χ0v) is 7.05. The number of carboxylic acid groups (broad SMARTS) is 1. The minimum atomic E-state index is -0.864. The fourth-order valence-corrected chi connectivity index (χ4v) is 2.40. The molecule has 2 aliphatic rings. The van der Waals surface area contributed by atoms with E-state index in [0.29, 0.717) is 25.7 Å². The molecular weight excluding hydrogens is 156 g/mol. The van der Waals surface area contributed by atoms with Crippen LogP contribution in [0.2, 0.25) is 0 Å². The van der Waals surface area contributed by atoms with E-state index >= 15 is 0 Å². The molecule has 68 valence electrons. The number of rotatable bonds is 2. The van der Waals surface area contributed by atoms with Gasteiger partial charge in [0.1, 0.15) is 0 Å². The van der Waals surface area contributed by atoms with Gasteiger partial charge in [0.2, 0.25) is 0 Å². The second-order valence-electron chi connectivity index (χ2n) is 4.13. The molecule has 0 radical (unpaired) electrons. The van der Waals surface area contributed by atoms with Crippen molar-refractivity contribution in [3.63, 3.8) is 0 Å². The van der Waals surface area contributed by atoms with E-state index < -0.39 is 17.0 Å². The third-order valence-electron chi connectivity index (χ3n) is 3.69. The van der Waals surface area contributed by atoms with E-state index in [1.54, 1.807) is 0 Å². The van der Waals surface area contributed by atoms with Crippen molar-refractivity contribution in [3.8, 4) is 0 Å². The van der Waals surface area contributed by atoms with Crippen molar-refractivity contribution in [3.05, 3.63) is 0 Å². The molecule has 0 aliphatic heterocycles. The van der Waals surface area contributed by atoms with Gasteiger partial charge in [-0.1, -0.05) is 6.42 Å². The van der Waals surface area contributed by atoms with Crippen LogP contribution in [-0.2, 0) is 4.79 Å². The molecule has 0 aromatic heterocycles. The van der Waals surface area contributed by atoms with Gasteiger partial charge < -0.3 is 10.2 Å². The van der Waals surface area contributed by atoms with Crippen molar-refractivity contribution in [2.45, 2.75) is 44.1 Å². The SMILES string of the molecule is O=C(O)C1(C2(O)CCC2)CCC1. The lowest BCUT2D eigenvalue weighted by Crippen LogP contribution is -2.60. The fraction of sp³-hybridized carbons (Fsp3) is 0.889. The van der Waals surface area contributed by atoms with Gasteiger partial charge in [-0.25, -0.2) is 0 Å². The average molecular weight is 170 g/mol. The third-order valence-corrected chi connectivity index (χ3v) is 3.69. The molecule has 2 N–H and O–H groups in total. The quantitative estimate of drug-likeness (QED) is 0.653. The van der Waals surface area contributed by atoms with Crippen LogP contribution in [-0.4, -0.2) is 21.8 Å². The van der Waals surface area contributed by atoms with E-state index in [1.807, 2.05) is 0 Å². The zero-order chi connectivity index (χ0) is 8.82. The molecule has 3 heteroatoms. The summed E-state index contributed by atoms with van der Waals surface area (Å²) in [6, 6.07) is 0. The van der Waals surface area contributed by atoms with Crippen LogP contribution in [0.25, 0.3) is 0 Å². The fourth-order valence-electron chi connectivity index (χ4n) is 2.40. The largest absolute Gasteiger partial charge is 0.481 e. The molecule has 0 heterocycles. The van der Waals surface area contributed by atoms with Crippen LogP contribution in [0.5, 0.6) is 0 Å². The second-order valence-corrected chi connectivity index (χ2v) is 4.13. The van der Waals surface area contributed by atoms with Crippen LogP contribution in [0.1, 0.15) is 38.5 Å². The molecule has 2 rings (SSSR count). The maximum atomic E-state index is 11.0. The molecule has 0 unspecified atom stereocenters. The standard InChI is InChI=1S/C9H14O3/c10-7(11)8(3-1-4-8)9(12)5-2-6-9/h12H,1-6H2,(H,10,11). The van der Waals surface area contributed by atoms with E-state index in [0.717, 1.165) is 12.8 Å². The Morgan fingerprint density at radius 3 is 1.67 bits per heavy atom. The van der Waals surface area contributed by atoms with Crippen LogP contribution < -0.4 is 0 Å². The molecule has 3 nitrogen and oxygen atoms in total. The molecule has 2 fully saturated rings. The molecule has 12 heavy (non-hydrogen) atoms. The number of hydrogen-bond acceptors (Lipinski definition) is 2. The van der Waals surface area contributed by atoms with Gasteiger partial charge >= 0.3 is 5.97 Å². The number of carbonyl (C=O) groups is 1. The summed E-state index contributed by atoms with van der Waals surface area (Å²) in [6.07, 6.45) is 4.62. The van der Waals surface area contributed by atoms with E-state index in [1.165, 1.54) is 0 Å². The number of aliphatic carboxylic acids is 1. The van der Waals surface area contributed by atoms with Crippen molar-refractivity contribution < 1.29 is 15.0 Å². The van der Waals surface area contributed by atoms with Crippen molar-refractivity contribution in [1.82, 2.24) is 0 Å². The van der Waals surface area contributed by atoms with Crippen molar-refractivity contribution in [2.24, 2.45) is 5.41 Å². The highest BCUT2D eigenvalue weighted by atomic mass is 16.4. The van der Waals surface area contributed by atoms with Gasteiger partial charge in [-0.15, -0.1) is 0 Å². The Labute approximate surface area is 71.4 Å². The second kappa shape index (κ2) is 2.22. The molecule has 0 spiro atoms. The first-order valence-corrected chi connectivity index (χ1v) is 4.57. The van der Waals surface area contributed by atoms with Gasteiger partial charge in [0.25, 0.3) is 0 Å². The van der Waals surface area contributed by atoms with Crippen LogP contribution in [0, 0.1) is 5.41 Å². The highest BCUT2D eigenvalue weighted by molar-refractivity contribution is 5.77. The lowest BCUT2D eigenvalue weighted by Gasteiger charge is -2.54. The van der Waals surface area contributed by atoms with E-state index in [2.05, 4.69) is 0 Å². The third kappa shape index (κ3) is 0.724. The van der Waals surface area contributed by atoms with Gasteiger partial charge in [-0.05, 0) is 32.1 Å². The van der Waals surface area contributed by atoms with Crippen LogP contribution in [0.4, 0.5) is 0 Å². The molecule has 0 bridgehead atoms. The Balaban J connectivity index is 2.21. The summed E-state index contributed by atoms with van der Waals surface area (Å²) in [5, 5.41) is 19.0.